The molecule has 170 valence electrons. The number of H-pyrrole nitrogens is 1. The van der Waals surface area contributed by atoms with E-state index in [4.69, 9.17) is 27.9 Å². The number of aromatic nitrogens is 1. The summed E-state index contributed by atoms with van der Waals surface area (Å²) in [7, 11) is 1.61. The van der Waals surface area contributed by atoms with Crippen LogP contribution in [0, 0.1) is 0 Å². The third-order valence-corrected chi connectivity index (χ3v) is 6.66. The first kappa shape index (κ1) is 23.0. The molecule has 4 rings (SSSR count). The van der Waals surface area contributed by atoms with Crippen molar-refractivity contribution < 1.29 is 9.53 Å². The van der Waals surface area contributed by atoms with Crippen LogP contribution in [0.4, 0.5) is 0 Å². The Morgan fingerprint density at radius 1 is 1.03 bits per heavy atom. The Bertz CT molecular complexity index is 1130. The predicted octanol–water partition coefficient (Wildman–Crippen LogP) is 6.19. The summed E-state index contributed by atoms with van der Waals surface area (Å²) >= 11 is 12.3. The van der Waals surface area contributed by atoms with E-state index in [2.05, 4.69) is 43.3 Å². The van der Waals surface area contributed by atoms with Crippen molar-refractivity contribution in [3.05, 3.63) is 52.0 Å². The van der Waals surface area contributed by atoms with Crippen LogP contribution in [0.5, 0.6) is 5.75 Å². The van der Waals surface area contributed by atoms with Gasteiger partial charge in [0.15, 0.2) is 0 Å². The number of aromatic amines is 1. The summed E-state index contributed by atoms with van der Waals surface area (Å²) < 4.78 is 5.63. The molecule has 1 saturated heterocycles. The average Bonchev–Trinajstić information content (AvgIpc) is 3.07. The number of benzene rings is 2. The molecule has 7 heteroatoms. The zero-order valence-corrected chi connectivity index (χ0v) is 20.5. The standard InChI is InChI=1S/C25H29Cl2N3O2/c1-24(2)12-16(13-25(3,4)30-24)28-23(31)14-6-7-17(22(10-14)32-5)21-9-15-8-18(26)19(27)11-20(15)29-21/h6-11,16,29-30H,12-13H2,1-5H3,(H,28,31). The second kappa shape index (κ2) is 8.29. The number of amides is 1. The van der Waals surface area contributed by atoms with Crippen molar-refractivity contribution in [1.29, 1.82) is 0 Å². The lowest BCUT2D eigenvalue weighted by atomic mass is 9.79. The van der Waals surface area contributed by atoms with E-state index in [1.165, 1.54) is 0 Å². The number of rotatable bonds is 4. The Kier molecular flexibility index (Phi) is 5.95. The monoisotopic (exact) mass is 473 g/mol. The number of ether oxygens (including phenoxy) is 1. The Labute approximate surface area is 198 Å². The van der Waals surface area contributed by atoms with E-state index in [-0.39, 0.29) is 23.0 Å². The second-order valence-electron chi connectivity index (χ2n) is 9.92. The minimum atomic E-state index is -0.0939. The quantitative estimate of drug-likeness (QED) is 0.423. The van der Waals surface area contributed by atoms with E-state index in [1.807, 2.05) is 24.3 Å². The van der Waals surface area contributed by atoms with Crippen molar-refractivity contribution in [3.63, 3.8) is 0 Å². The van der Waals surface area contributed by atoms with Gasteiger partial charge >= 0.3 is 0 Å². The molecule has 3 aromatic rings. The van der Waals surface area contributed by atoms with Gasteiger partial charge in [-0.1, -0.05) is 23.2 Å². The highest BCUT2D eigenvalue weighted by Crippen LogP contribution is 2.35. The van der Waals surface area contributed by atoms with Gasteiger partial charge in [0, 0.05) is 39.1 Å². The maximum Gasteiger partial charge on any atom is 0.251 e. The number of piperidine rings is 1. The van der Waals surface area contributed by atoms with E-state index in [9.17, 15) is 4.79 Å². The maximum atomic E-state index is 13.0. The van der Waals surface area contributed by atoms with Gasteiger partial charge < -0.3 is 20.4 Å². The van der Waals surface area contributed by atoms with Crippen LogP contribution in [0.1, 0.15) is 50.9 Å². The maximum absolute atomic E-state index is 13.0. The van der Waals surface area contributed by atoms with Gasteiger partial charge in [0.1, 0.15) is 5.75 Å². The van der Waals surface area contributed by atoms with E-state index in [0.717, 1.165) is 35.0 Å². The predicted molar refractivity (Wildman–Crippen MR) is 132 cm³/mol. The largest absolute Gasteiger partial charge is 0.496 e. The van der Waals surface area contributed by atoms with Crippen molar-refractivity contribution >= 4 is 40.0 Å². The molecular formula is C25H29Cl2N3O2. The van der Waals surface area contributed by atoms with E-state index in [1.54, 1.807) is 19.2 Å². The molecule has 1 fully saturated rings. The number of hydrogen-bond donors (Lipinski definition) is 3. The summed E-state index contributed by atoms with van der Waals surface area (Å²) in [6.07, 6.45) is 1.75. The van der Waals surface area contributed by atoms with Gasteiger partial charge in [0.2, 0.25) is 0 Å². The smallest absolute Gasteiger partial charge is 0.251 e. The number of halogens is 2. The summed E-state index contributed by atoms with van der Waals surface area (Å²) in [5, 5.41) is 8.82. The van der Waals surface area contributed by atoms with Crippen molar-refractivity contribution in [2.45, 2.75) is 57.7 Å². The Morgan fingerprint density at radius 3 is 2.34 bits per heavy atom. The molecule has 2 aromatic carbocycles. The lowest BCUT2D eigenvalue weighted by molar-refractivity contribution is 0.0873. The zero-order valence-electron chi connectivity index (χ0n) is 19.0. The van der Waals surface area contributed by atoms with E-state index < -0.39 is 0 Å². The first-order chi connectivity index (χ1) is 15.0. The van der Waals surface area contributed by atoms with Crippen molar-refractivity contribution in [3.8, 4) is 17.0 Å². The summed E-state index contributed by atoms with van der Waals surface area (Å²) in [6.45, 7) is 8.69. The fraction of sp³-hybridized carbons (Fsp3) is 0.400. The molecule has 3 N–H and O–H groups in total. The summed E-state index contributed by atoms with van der Waals surface area (Å²) in [5.74, 6) is 0.524. The highest BCUT2D eigenvalue weighted by atomic mass is 35.5. The van der Waals surface area contributed by atoms with Gasteiger partial charge in [0.25, 0.3) is 5.91 Å². The van der Waals surface area contributed by atoms with Crippen LogP contribution < -0.4 is 15.4 Å². The minimum absolute atomic E-state index is 0.0390. The molecule has 1 amide bonds. The Hall–Kier alpha value is -2.21. The highest BCUT2D eigenvalue weighted by Gasteiger charge is 2.38. The van der Waals surface area contributed by atoms with Crippen LogP contribution in [0.2, 0.25) is 10.0 Å². The fourth-order valence-electron chi connectivity index (χ4n) is 5.02. The third kappa shape index (κ3) is 4.75. The van der Waals surface area contributed by atoms with Crippen LogP contribution in [-0.4, -0.2) is 35.1 Å². The fourth-order valence-corrected chi connectivity index (χ4v) is 5.36. The van der Waals surface area contributed by atoms with Gasteiger partial charge in [0.05, 0.1) is 22.8 Å². The van der Waals surface area contributed by atoms with Crippen molar-refractivity contribution in [1.82, 2.24) is 15.6 Å². The van der Waals surface area contributed by atoms with Crippen LogP contribution >= 0.6 is 23.2 Å². The normalized spacial score (nSPS) is 18.0. The summed E-state index contributed by atoms with van der Waals surface area (Å²) in [5.41, 5.74) is 3.10. The van der Waals surface area contributed by atoms with Crippen LogP contribution in [-0.2, 0) is 0 Å². The Balaban J connectivity index is 1.59. The molecule has 5 nitrogen and oxygen atoms in total. The molecule has 0 bridgehead atoms. The molecule has 32 heavy (non-hydrogen) atoms. The van der Waals surface area contributed by atoms with Gasteiger partial charge in [-0.3, -0.25) is 4.79 Å². The summed E-state index contributed by atoms with van der Waals surface area (Å²) in [6, 6.07) is 11.2. The number of carbonyl (C=O) groups excluding carboxylic acids is 1. The topological polar surface area (TPSA) is 66.2 Å². The number of methoxy groups -OCH3 is 1. The molecule has 0 aliphatic carbocycles. The Morgan fingerprint density at radius 2 is 1.69 bits per heavy atom. The van der Waals surface area contributed by atoms with E-state index >= 15 is 0 Å². The average molecular weight is 474 g/mol. The van der Waals surface area contributed by atoms with Crippen LogP contribution in [0.15, 0.2) is 36.4 Å². The third-order valence-electron chi connectivity index (χ3n) is 5.94. The molecular weight excluding hydrogens is 445 g/mol. The molecule has 0 unspecified atom stereocenters. The van der Waals surface area contributed by atoms with Gasteiger partial charge in [-0.05, 0) is 76.9 Å². The SMILES string of the molecule is COc1cc(C(=O)NC2CC(C)(C)NC(C)(C)C2)ccc1-c1cc2cc(Cl)c(Cl)cc2[nH]1. The molecule has 0 radical (unpaired) electrons. The second-order valence-corrected chi connectivity index (χ2v) is 10.7. The molecule has 1 aliphatic heterocycles. The molecule has 0 atom stereocenters. The van der Waals surface area contributed by atoms with Gasteiger partial charge in [-0.15, -0.1) is 0 Å². The van der Waals surface area contributed by atoms with E-state index in [0.29, 0.717) is 21.4 Å². The molecule has 1 aliphatic rings. The number of fused-ring (bicyclic) bond motifs is 1. The molecule has 0 spiro atoms. The molecule has 2 heterocycles. The summed E-state index contributed by atoms with van der Waals surface area (Å²) in [4.78, 5) is 16.4. The first-order valence-electron chi connectivity index (χ1n) is 10.7. The van der Waals surface area contributed by atoms with Crippen LogP contribution in [0.25, 0.3) is 22.2 Å². The van der Waals surface area contributed by atoms with Gasteiger partial charge in [-0.2, -0.15) is 0 Å². The first-order valence-corrected chi connectivity index (χ1v) is 11.5. The lowest BCUT2D eigenvalue weighted by Gasteiger charge is -2.46. The van der Waals surface area contributed by atoms with Crippen LogP contribution in [0.3, 0.4) is 0 Å². The molecule has 0 saturated carbocycles. The number of hydrogen-bond acceptors (Lipinski definition) is 3. The van der Waals surface area contributed by atoms with Gasteiger partial charge in [-0.25, -0.2) is 0 Å². The highest BCUT2D eigenvalue weighted by molar-refractivity contribution is 6.42. The zero-order chi connectivity index (χ0) is 23.3. The van der Waals surface area contributed by atoms with Crippen molar-refractivity contribution in [2.75, 3.05) is 7.11 Å². The minimum Gasteiger partial charge on any atom is -0.496 e. The number of carbonyl (C=O) groups is 1. The lowest BCUT2D eigenvalue weighted by Crippen LogP contribution is -2.62. The molecule has 1 aromatic heterocycles. The van der Waals surface area contributed by atoms with Crippen molar-refractivity contribution in [2.24, 2.45) is 0 Å². The number of nitrogens with one attached hydrogen (secondary N) is 3.